The minimum Gasteiger partial charge on any atom is -0.343 e. The van der Waals surface area contributed by atoms with Gasteiger partial charge in [-0.15, -0.1) is 10.2 Å². The Kier molecular flexibility index (Phi) is 1.75. The molecule has 0 saturated heterocycles. The van der Waals surface area contributed by atoms with Gasteiger partial charge in [-0.3, -0.25) is 0 Å². The van der Waals surface area contributed by atoms with Crippen molar-refractivity contribution in [3.05, 3.63) is 29.7 Å². The molecule has 12 heavy (non-hydrogen) atoms. The molecular weight excluding hydrogens is 176 g/mol. The molecule has 0 fully saturated rings. The summed E-state index contributed by atoms with van der Waals surface area (Å²) in [5, 5.41) is 7.92. The summed E-state index contributed by atoms with van der Waals surface area (Å²) in [6.45, 7) is 0. The molecule has 0 aliphatic heterocycles. The number of aromatic amines is 1. The van der Waals surface area contributed by atoms with Crippen molar-refractivity contribution < 1.29 is 0 Å². The lowest BCUT2D eigenvalue weighted by Gasteiger charge is -1.92. The third kappa shape index (κ3) is 1.29. The first-order valence-electron chi connectivity index (χ1n) is 3.35. The molecule has 0 amide bonds. The van der Waals surface area contributed by atoms with Gasteiger partial charge in [0.05, 0.1) is 0 Å². The lowest BCUT2D eigenvalue weighted by Crippen LogP contribution is -1.88. The molecule has 5 heteroatoms. The van der Waals surface area contributed by atoms with E-state index in [2.05, 4.69) is 20.2 Å². The minimum atomic E-state index is 0.380. The molecule has 2 aromatic heterocycles. The fraction of sp³-hybridized carbons (Fsp3) is 0. The van der Waals surface area contributed by atoms with Crippen molar-refractivity contribution in [2.75, 3.05) is 0 Å². The van der Waals surface area contributed by atoms with Crippen molar-refractivity contribution in [2.45, 2.75) is 0 Å². The quantitative estimate of drug-likeness (QED) is 0.724. The molecular formula is C7H5ClN4. The van der Waals surface area contributed by atoms with Crippen LogP contribution in [0, 0.1) is 0 Å². The summed E-state index contributed by atoms with van der Waals surface area (Å²) in [6.07, 6.45) is 3.39. The van der Waals surface area contributed by atoms with Crippen molar-refractivity contribution in [1.82, 2.24) is 20.2 Å². The zero-order chi connectivity index (χ0) is 8.39. The molecule has 2 rings (SSSR count). The molecule has 0 bridgehead atoms. The Hall–Kier alpha value is -1.42. The molecule has 2 heterocycles. The standard InChI is InChI=1S/C7H5ClN4/c8-6-2-1-5(11-12-6)7-9-3-4-10-7/h1-4H,(H,9,10). The van der Waals surface area contributed by atoms with Crippen LogP contribution < -0.4 is 0 Å². The first-order valence-corrected chi connectivity index (χ1v) is 3.73. The first-order chi connectivity index (χ1) is 5.86. The third-order valence-corrected chi connectivity index (χ3v) is 1.57. The van der Waals surface area contributed by atoms with Crippen molar-refractivity contribution in [2.24, 2.45) is 0 Å². The largest absolute Gasteiger partial charge is 0.343 e. The number of halogens is 1. The van der Waals surface area contributed by atoms with Crippen LogP contribution in [-0.2, 0) is 0 Å². The Morgan fingerprint density at radius 1 is 1.25 bits per heavy atom. The van der Waals surface area contributed by atoms with Crippen LogP contribution in [0.5, 0.6) is 0 Å². The van der Waals surface area contributed by atoms with Crippen LogP contribution in [0.15, 0.2) is 24.5 Å². The fourth-order valence-electron chi connectivity index (χ4n) is 0.848. The predicted molar refractivity (Wildman–Crippen MR) is 44.6 cm³/mol. The monoisotopic (exact) mass is 180 g/mol. The smallest absolute Gasteiger partial charge is 0.157 e. The summed E-state index contributed by atoms with van der Waals surface area (Å²) in [5.41, 5.74) is 0.685. The van der Waals surface area contributed by atoms with Gasteiger partial charge in [-0.05, 0) is 12.1 Å². The van der Waals surface area contributed by atoms with Gasteiger partial charge in [-0.25, -0.2) is 4.98 Å². The third-order valence-electron chi connectivity index (χ3n) is 1.37. The van der Waals surface area contributed by atoms with Gasteiger partial charge in [0.1, 0.15) is 5.69 Å². The van der Waals surface area contributed by atoms with E-state index in [1.54, 1.807) is 24.5 Å². The van der Waals surface area contributed by atoms with Crippen LogP contribution in [0.1, 0.15) is 0 Å². The van der Waals surface area contributed by atoms with E-state index in [0.29, 0.717) is 16.7 Å². The van der Waals surface area contributed by atoms with E-state index in [1.165, 1.54) is 0 Å². The topological polar surface area (TPSA) is 54.5 Å². The highest BCUT2D eigenvalue weighted by Crippen LogP contribution is 2.11. The van der Waals surface area contributed by atoms with Crippen LogP contribution in [-0.4, -0.2) is 20.2 Å². The highest BCUT2D eigenvalue weighted by molar-refractivity contribution is 6.29. The van der Waals surface area contributed by atoms with E-state index < -0.39 is 0 Å². The molecule has 0 aromatic carbocycles. The lowest BCUT2D eigenvalue weighted by atomic mass is 10.4. The number of rotatable bonds is 1. The number of hydrogen-bond donors (Lipinski definition) is 1. The maximum Gasteiger partial charge on any atom is 0.157 e. The van der Waals surface area contributed by atoms with E-state index in [1.807, 2.05) is 0 Å². The van der Waals surface area contributed by atoms with E-state index >= 15 is 0 Å². The van der Waals surface area contributed by atoms with Gasteiger partial charge in [0, 0.05) is 12.4 Å². The second-order valence-corrected chi connectivity index (χ2v) is 2.57. The number of hydrogen-bond acceptors (Lipinski definition) is 3. The lowest BCUT2D eigenvalue weighted by molar-refractivity contribution is 1.02. The maximum absolute atomic E-state index is 5.57. The molecule has 0 radical (unpaired) electrons. The summed E-state index contributed by atoms with van der Waals surface area (Å²) in [6, 6.07) is 3.43. The molecule has 1 N–H and O–H groups in total. The Morgan fingerprint density at radius 2 is 2.17 bits per heavy atom. The van der Waals surface area contributed by atoms with Crippen molar-refractivity contribution in [1.29, 1.82) is 0 Å². The fourth-order valence-corrected chi connectivity index (χ4v) is 0.948. The van der Waals surface area contributed by atoms with Gasteiger partial charge >= 0.3 is 0 Å². The Balaban J connectivity index is 2.43. The van der Waals surface area contributed by atoms with Gasteiger partial charge in [-0.2, -0.15) is 0 Å². The molecule has 4 nitrogen and oxygen atoms in total. The number of H-pyrrole nitrogens is 1. The number of imidazole rings is 1. The summed E-state index contributed by atoms with van der Waals surface area (Å²) in [4.78, 5) is 6.93. The predicted octanol–water partition coefficient (Wildman–Crippen LogP) is 1.52. The first kappa shape index (κ1) is 7.24. The van der Waals surface area contributed by atoms with Crippen LogP contribution in [0.2, 0.25) is 5.15 Å². The average Bonchev–Trinajstić information content (AvgIpc) is 2.58. The van der Waals surface area contributed by atoms with E-state index in [4.69, 9.17) is 11.6 Å². The Labute approximate surface area is 73.6 Å². The van der Waals surface area contributed by atoms with Gasteiger partial charge < -0.3 is 4.98 Å². The molecule has 0 saturated carbocycles. The van der Waals surface area contributed by atoms with E-state index in [0.717, 1.165) is 0 Å². The van der Waals surface area contributed by atoms with Crippen LogP contribution >= 0.6 is 11.6 Å². The molecule has 2 aromatic rings. The number of aromatic nitrogens is 4. The SMILES string of the molecule is Clc1ccc(-c2ncc[nH]2)nn1. The van der Waals surface area contributed by atoms with E-state index in [-0.39, 0.29) is 0 Å². The van der Waals surface area contributed by atoms with Crippen molar-refractivity contribution in [3.63, 3.8) is 0 Å². The molecule has 60 valence electrons. The number of nitrogens with one attached hydrogen (secondary N) is 1. The highest BCUT2D eigenvalue weighted by atomic mass is 35.5. The molecule has 0 aliphatic rings. The second kappa shape index (κ2) is 2.91. The zero-order valence-corrected chi connectivity index (χ0v) is 6.78. The normalized spacial score (nSPS) is 10.1. The molecule has 0 atom stereocenters. The zero-order valence-electron chi connectivity index (χ0n) is 6.03. The van der Waals surface area contributed by atoms with Crippen LogP contribution in [0.4, 0.5) is 0 Å². The number of nitrogens with zero attached hydrogens (tertiary/aromatic N) is 3. The van der Waals surface area contributed by atoms with Crippen molar-refractivity contribution in [3.8, 4) is 11.5 Å². The summed E-state index contributed by atoms with van der Waals surface area (Å²) in [5.74, 6) is 0.694. The Morgan fingerprint density at radius 3 is 2.75 bits per heavy atom. The van der Waals surface area contributed by atoms with Crippen LogP contribution in [0.3, 0.4) is 0 Å². The summed E-state index contributed by atoms with van der Waals surface area (Å²) >= 11 is 5.57. The van der Waals surface area contributed by atoms with Crippen LogP contribution in [0.25, 0.3) is 11.5 Å². The maximum atomic E-state index is 5.57. The van der Waals surface area contributed by atoms with Gasteiger partial charge in [0.25, 0.3) is 0 Å². The van der Waals surface area contributed by atoms with E-state index in [9.17, 15) is 0 Å². The summed E-state index contributed by atoms with van der Waals surface area (Å²) < 4.78 is 0. The van der Waals surface area contributed by atoms with Gasteiger partial charge in [0.2, 0.25) is 0 Å². The summed E-state index contributed by atoms with van der Waals surface area (Å²) in [7, 11) is 0. The molecule has 0 unspecified atom stereocenters. The average molecular weight is 181 g/mol. The molecule has 0 aliphatic carbocycles. The van der Waals surface area contributed by atoms with Crippen molar-refractivity contribution >= 4 is 11.6 Å². The van der Waals surface area contributed by atoms with Gasteiger partial charge in [-0.1, -0.05) is 11.6 Å². The second-order valence-electron chi connectivity index (χ2n) is 2.18. The molecule has 0 spiro atoms. The highest BCUT2D eigenvalue weighted by Gasteiger charge is 2.00. The Bertz CT molecular complexity index is 353. The minimum absolute atomic E-state index is 0.380. The van der Waals surface area contributed by atoms with Gasteiger partial charge in [0.15, 0.2) is 11.0 Å².